The Morgan fingerprint density at radius 2 is 1.37 bits per heavy atom. The van der Waals surface area contributed by atoms with E-state index in [4.69, 9.17) is 14.6 Å². The van der Waals surface area contributed by atoms with E-state index in [-0.39, 0.29) is 16.7 Å². The van der Waals surface area contributed by atoms with Crippen LogP contribution in [0.5, 0.6) is 11.5 Å². The molecule has 0 spiro atoms. The smallest absolute Gasteiger partial charge is 0.263 e. The van der Waals surface area contributed by atoms with Crippen LogP contribution >= 0.6 is 11.8 Å². The summed E-state index contributed by atoms with van der Waals surface area (Å²) >= 11 is 1.33. The zero-order chi connectivity index (χ0) is 25.6. The minimum Gasteiger partial charge on any atom is -0.496 e. The molecule has 0 aliphatic carbocycles. The van der Waals surface area contributed by atoms with Crippen molar-refractivity contribution >= 4 is 45.0 Å². The largest absolute Gasteiger partial charge is 0.496 e. The summed E-state index contributed by atoms with van der Waals surface area (Å²) < 4.78 is 33.2. The molecule has 2 amide bonds. The third kappa shape index (κ3) is 6.75. The highest BCUT2D eigenvalue weighted by Gasteiger charge is 2.19. The van der Waals surface area contributed by atoms with Crippen LogP contribution in [-0.2, 0) is 14.8 Å². The Labute approximate surface area is 208 Å². The molecule has 0 fully saturated rings. The van der Waals surface area contributed by atoms with E-state index in [0.29, 0.717) is 28.4 Å². The van der Waals surface area contributed by atoms with Crippen molar-refractivity contribution in [2.75, 3.05) is 24.9 Å². The maximum absolute atomic E-state index is 12.8. The van der Waals surface area contributed by atoms with Gasteiger partial charge >= 0.3 is 0 Å². The maximum atomic E-state index is 12.8. The van der Waals surface area contributed by atoms with Crippen LogP contribution in [-0.4, -0.2) is 39.7 Å². The number of sulfonamides is 1. The second kappa shape index (κ2) is 11.3. The molecular formula is C24H25N3O6S2. The number of hydrogen-bond acceptors (Lipinski definition) is 7. The molecule has 3 aromatic carbocycles. The Bertz CT molecular complexity index is 1290. The van der Waals surface area contributed by atoms with Gasteiger partial charge < -0.3 is 20.1 Å². The molecule has 9 nitrogen and oxygen atoms in total. The van der Waals surface area contributed by atoms with Crippen molar-refractivity contribution in [3.05, 3.63) is 72.3 Å². The summed E-state index contributed by atoms with van der Waals surface area (Å²) in [6.45, 7) is 1.75. The number of methoxy groups -OCH3 is 2. The average molecular weight is 516 g/mol. The first-order valence-electron chi connectivity index (χ1n) is 10.3. The van der Waals surface area contributed by atoms with Gasteiger partial charge in [-0.2, -0.15) is 0 Å². The van der Waals surface area contributed by atoms with Gasteiger partial charge in [0.1, 0.15) is 17.1 Å². The number of ether oxygens (including phenoxy) is 2. The number of carbonyl (C=O) groups excluding carboxylic acids is 2. The van der Waals surface area contributed by atoms with Gasteiger partial charge in [-0.15, -0.1) is 11.8 Å². The highest BCUT2D eigenvalue weighted by atomic mass is 32.2. The number of primary sulfonamides is 1. The van der Waals surface area contributed by atoms with Crippen molar-refractivity contribution in [2.45, 2.75) is 22.0 Å². The molecule has 35 heavy (non-hydrogen) atoms. The Hall–Kier alpha value is -3.54. The lowest BCUT2D eigenvalue weighted by atomic mass is 10.1. The van der Waals surface area contributed by atoms with Crippen molar-refractivity contribution in [3.8, 4) is 11.5 Å². The Morgan fingerprint density at radius 1 is 0.857 bits per heavy atom. The molecule has 1 atom stereocenters. The lowest BCUT2D eigenvalue weighted by molar-refractivity contribution is -0.115. The van der Waals surface area contributed by atoms with E-state index in [1.165, 1.54) is 50.2 Å². The Morgan fingerprint density at radius 3 is 1.89 bits per heavy atom. The van der Waals surface area contributed by atoms with Gasteiger partial charge in [0, 0.05) is 16.3 Å². The number of nitrogens with two attached hydrogens (primary N) is 1. The molecule has 1 unspecified atom stereocenters. The van der Waals surface area contributed by atoms with E-state index < -0.39 is 15.3 Å². The van der Waals surface area contributed by atoms with Gasteiger partial charge in [-0.3, -0.25) is 9.59 Å². The van der Waals surface area contributed by atoms with Crippen LogP contribution < -0.4 is 25.2 Å². The number of nitrogens with one attached hydrogen (secondary N) is 2. The molecule has 11 heteroatoms. The third-order valence-corrected chi connectivity index (χ3v) is 6.94. The van der Waals surface area contributed by atoms with Gasteiger partial charge in [-0.1, -0.05) is 6.07 Å². The molecule has 0 bridgehead atoms. The van der Waals surface area contributed by atoms with E-state index in [1.54, 1.807) is 49.4 Å². The van der Waals surface area contributed by atoms with Crippen LogP contribution in [0.1, 0.15) is 17.3 Å². The van der Waals surface area contributed by atoms with Crippen LogP contribution in [0.25, 0.3) is 0 Å². The van der Waals surface area contributed by atoms with Crippen molar-refractivity contribution in [3.63, 3.8) is 0 Å². The predicted molar refractivity (Wildman–Crippen MR) is 136 cm³/mol. The van der Waals surface area contributed by atoms with Crippen LogP contribution in [0.15, 0.2) is 76.5 Å². The summed E-state index contributed by atoms with van der Waals surface area (Å²) in [5, 5.41) is 10.2. The maximum Gasteiger partial charge on any atom is 0.263 e. The van der Waals surface area contributed by atoms with Gasteiger partial charge in [0.2, 0.25) is 15.9 Å². The fourth-order valence-electron chi connectivity index (χ4n) is 3.11. The summed E-state index contributed by atoms with van der Waals surface area (Å²) in [6, 6.07) is 17.8. The highest BCUT2D eigenvalue weighted by molar-refractivity contribution is 8.00. The summed E-state index contributed by atoms with van der Waals surface area (Å²) in [7, 11) is -0.834. The zero-order valence-electron chi connectivity index (χ0n) is 19.3. The minimum absolute atomic E-state index is 0.0331. The van der Waals surface area contributed by atoms with E-state index >= 15 is 0 Å². The SMILES string of the molecule is COc1cccc(OC)c1C(=O)Nc1ccc(SC(C)C(=O)Nc2ccc(S(N)(=O)=O)cc2)cc1. The van der Waals surface area contributed by atoms with Gasteiger partial charge in [0.25, 0.3) is 5.91 Å². The van der Waals surface area contributed by atoms with E-state index in [2.05, 4.69) is 10.6 Å². The molecule has 0 radical (unpaired) electrons. The number of thioether (sulfide) groups is 1. The normalized spacial score (nSPS) is 11.9. The van der Waals surface area contributed by atoms with E-state index in [9.17, 15) is 18.0 Å². The van der Waals surface area contributed by atoms with Gasteiger partial charge in [0.05, 0.1) is 24.4 Å². The monoisotopic (exact) mass is 515 g/mol. The zero-order valence-corrected chi connectivity index (χ0v) is 20.9. The van der Waals surface area contributed by atoms with Crippen molar-refractivity contribution in [1.82, 2.24) is 0 Å². The summed E-state index contributed by atoms with van der Waals surface area (Å²) in [6.07, 6.45) is 0. The van der Waals surface area contributed by atoms with Crippen LogP contribution in [0, 0.1) is 0 Å². The number of benzene rings is 3. The molecule has 4 N–H and O–H groups in total. The summed E-state index contributed by atoms with van der Waals surface area (Å²) in [5.41, 5.74) is 1.32. The quantitative estimate of drug-likeness (QED) is 0.369. The second-order valence-electron chi connectivity index (χ2n) is 7.33. The first-order chi connectivity index (χ1) is 16.6. The second-order valence-corrected chi connectivity index (χ2v) is 10.3. The van der Waals surface area contributed by atoms with Crippen LogP contribution in [0.3, 0.4) is 0 Å². The van der Waals surface area contributed by atoms with Crippen LogP contribution in [0.4, 0.5) is 11.4 Å². The summed E-state index contributed by atoms with van der Waals surface area (Å²) in [5.74, 6) is 0.168. The van der Waals surface area contributed by atoms with E-state index in [0.717, 1.165) is 4.90 Å². The number of hydrogen-bond donors (Lipinski definition) is 3. The molecule has 3 rings (SSSR count). The van der Waals surface area contributed by atoms with Crippen LogP contribution in [0.2, 0.25) is 0 Å². The fourth-order valence-corrected chi connectivity index (χ4v) is 4.50. The highest BCUT2D eigenvalue weighted by Crippen LogP contribution is 2.30. The van der Waals surface area contributed by atoms with Gasteiger partial charge in [-0.25, -0.2) is 13.6 Å². The molecule has 0 aromatic heterocycles. The predicted octanol–water partition coefficient (Wildman–Crippen LogP) is 3.72. The lowest BCUT2D eigenvalue weighted by Gasteiger charge is -2.14. The molecule has 0 aliphatic heterocycles. The molecular weight excluding hydrogens is 490 g/mol. The first kappa shape index (κ1) is 26.1. The van der Waals surface area contributed by atoms with E-state index in [1.807, 2.05) is 0 Å². The Balaban J connectivity index is 1.61. The Kier molecular flexibility index (Phi) is 8.39. The average Bonchev–Trinajstić information content (AvgIpc) is 2.84. The summed E-state index contributed by atoms with van der Waals surface area (Å²) in [4.78, 5) is 26.1. The topological polar surface area (TPSA) is 137 Å². The minimum atomic E-state index is -3.79. The molecule has 0 saturated heterocycles. The molecule has 0 saturated carbocycles. The third-order valence-electron chi connectivity index (χ3n) is 4.90. The van der Waals surface area contributed by atoms with Gasteiger partial charge in [0.15, 0.2) is 0 Å². The molecule has 3 aromatic rings. The lowest BCUT2D eigenvalue weighted by Crippen LogP contribution is -2.22. The van der Waals surface area contributed by atoms with Crippen molar-refractivity contribution in [1.29, 1.82) is 0 Å². The molecule has 0 aliphatic rings. The molecule has 184 valence electrons. The number of amides is 2. The van der Waals surface area contributed by atoms with Gasteiger partial charge in [-0.05, 0) is 67.6 Å². The number of anilines is 2. The molecule has 0 heterocycles. The van der Waals surface area contributed by atoms with Crippen molar-refractivity contribution in [2.24, 2.45) is 5.14 Å². The van der Waals surface area contributed by atoms with Crippen molar-refractivity contribution < 1.29 is 27.5 Å². The fraction of sp³-hybridized carbons (Fsp3) is 0.167. The number of rotatable bonds is 9. The first-order valence-corrected chi connectivity index (χ1v) is 12.8. The number of carbonyl (C=O) groups is 2. The standard InChI is InChI=1S/C24H25N3O6S2/c1-15(23(28)26-17-9-13-19(14-10-17)35(25,30)31)34-18-11-7-16(8-12-18)27-24(29)22-20(32-2)5-4-6-21(22)33-3/h4-15H,1-3H3,(H,26,28)(H,27,29)(H2,25,30,31).